The fourth-order valence-electron chi connectivity index (χ4n) is 3.46. The molecule has 5 heteroatoms. The number of aliphatic hydroxyl groups excluding tert-OH is 1. The number of hydrogen-bond donors (Lipinski definition) is 2. The van der Waals surface area contributed by atoms with Gasteiger partial charge in [0.25, 0.3) is 5.91 Å². The van der Waals surface area contributed by atoms with Crippen LogP contribution in [-0.4, -0.2) is 26.5 Å². The average molecular weight is 335 g/mol. The third kappa shape index (κ3) is 3.15. The van der Waals surface area contributed by atoms with E-state index >= 15 is 0 Å². The van der Waals surface area contributed by atoms with Crippen molar-refractivity contribution in [2.24, 2.45) is 5.92 Å². The number of aryl methyl sites for hydroxylation is 1. The molecule has 2 heterocycles. The number of aromatic nitrogens is 2. The van der Waals surface area contributed by atoms with Crippen molar-refractivity contribution in [2.75, 3.05) is 0 Å². The Bertz CT molecular complexity index is 898. The maximum Gasteiger partial charge on any atom is 0.271 e. The second kappa shape index (κ2) is 6.33. The smallest absolute Gasteiger partial charge is 0.271 e. The van der Waals surface area contributed by atoms with Crippen LogP contribution in [0.2, 0.25) is 0 Å². The zero-order chi connectivity index (χ0) is 17.4. The van der Waals surface area contributed by atoms with Crippen molar-refractivity contribution < 1.29 is 9.90 Å². The van der Waals surface area contributed by atoms with E-state index in [-0.39, 0.29) is 24.0 Å². The summed E-state index contributed by atoms with van der Waals surface area (Å²) in [5.74, 6) is 0.0669. The first-order valence-corrected chi connectivity index (χ1v) is 8.59. The quantitative estimate of drug-likeness (QED) is 0.770. The Labute approximate surface area is 146 Å². The Morgan fingerprint density at radius 1 is 1.20 bits per heavy atom. The van der Waals surface area contributed by atoms with Crippen molar-refractivity contribution in [1.29, 1.82) is 0 Å². The second-order valence-electron chi connectivity index (χ2n) is 6.85. The van der Waals surface area contributed by atoms with E-state index in [0.717, 1.165) is 16.8 Å². The molecular weight excluding hydrogens is 314 g/mol. The second-order valence-corrected chi connectivity index (χ2v) is 6.85. The molecule has 5 nitrogen and oxygen atoms in total. The van der Waals surface area contributed by atoms with Crippen LogP contribution in [0.1, 0.15) is 40.5 Å². The molecule has 128 valence electrons. The maximum atomic E-state index is 12.8. The number of imidazole rings is 1. The van der Waals surface area contributed by atoms with Gasteiger partial charge in [0, 0.05) is 12.4 Å². The predicted molar refractivity (Wildman–Crippen MR) is 95.3 cm³/mol. The van der Waals surface area contributed by atoms with E-state index in [1.54, 1.807) is 6.20 Å². The number of carbonyl (C=O) groups is 1. The molecule has 3 aromatic rings. The predicted octanol–water partition coefficient (Wildman–Crippen LogP) is 2.88. The van der Waals surface area contributed by atoms with Crippen LogP contribution in [0.4, 0.5) is 0 Å². The van der Waals surface area contributed by atoms with Crippen LogP contribution in [0.3, 0.4) is 0 Å². The highest BCUT2D eigenvalue weighted by molar-refractivity contribution is 5.93. The van der Waals surface area contributed by atoms with Crippen LogP contribution in [0.5, 0.6) is 0 Å². The van der Waals surface area contributed by atoms with Gasteiger partial charge in [-0.1, -0.05) is 36.4 Å². The first-order chi connectivity index (χ1) is 12.1. The van der Waals surface area contributed by atoms with Crippen molar-refractivity contribution in [2.45, 2.75) is 31.9 Å². The number of amides is 1. The highest BCUT2D eigenvalue weighted by Gasteiger charge is 2.35. The zero-order valence-corrected chi connectivity index (χ0v) is 14.1. The van der Waals surface area contributed by atoms with E-state index in [1.807, 2.05) is 60.0 Å². The highest BCUT2D eigenvalue weighted by atomic mass is 16.3. The minimum Gasteiger partial charge on any atom is -0.393 e. The molecule has 0 unspecified atom stereocenters. The Morgan fingerprint density at radius 2 is 1.96 bits per heavy atom. The maximum absolute atomic E-state index is 12.8. The minimum absolute atomic E-state index is 0.108. The number of carbonyl (C=O) groups excluding carboxylic acids is 1. The molecule has 1 aliphatic rings. The molecule has 1 amide bonds. The number of nitrogens with zero attached hydrogens (tertiary/aromatic N) is 2. The summed E-state index contributed by atoms with van der Waals surface area (Å²) in [5, 5.41) is 12.8. The molecule has 1 fully saturated rings. The van der Waals surface area contributed by atoms with Gasteiger partial charge in [-0.25, -0.2) is 4.98 Å². The third-order valence-electron chi connectivity index (χ3n) is 4.90. The molecule has 2 aromatic heterocycles. The molecule has 1 aromatic carbocycles. The van der Waals surface area contributed by atoms with Gasteiger partial charge in [-0.2, -0.15) is 0 Å². The first-order valence-electron chi connectivity index (χ1n) is 8.59. The Morgan fingerprint density at radius 3 is 2.68 bits per heavy atom. The summed E-state index contributed by atoms with van der Waals surface area (Å²) in [4.78, 5) is 17.2. The first kappa shape index (κ1) is 15.8. The van der Waals surface area contributed by atoms with Crippen LogP contribution in [0.25, 0.3) is 5.65 Å². The van der Waals surface area contributed by atoms with E-state index in [4.69, 9.17) is 0 Å². The largest absolute Gasteiger partial charge is 0.393 e. The molecule has 1 aliphatic carbocycles. The lowest BCUT2D eigenvalue weighted by Gasteiger charge is -2.38. The molecule has 1 saturated carbocycles. The number of fused-ring (bicyclic) bond motifs is 1. The molecule has 1 atom stereocenters. The van der Waals surface area contributed by atoms with Gasteiger partial charge in [-0.05, 0) is 42.9 Å². The van der Waals surface area contributed by atoms with E-state index in [9.17, 15) is 9.90 Å². The fraction of sp³-hybridized carbons (Fsp3) is 0.300. The topological polar surface area (TPSA) is 66.6 Å². The van der Waals surface area contributed by atoms with E-state index in [2.05, 4.69) is 10.3 Å². The Hall–Kier alpha value is -2.66. The van der Waals surface area contributed by atoms with Crippen molar-refractivity contribution in [3.63, 3.8) is 0 Å². The number of benzene rings is 1. The van der Waals surface area contributed by atoms with Gasteiger partial charge in [0.05, 0.1) is 12.1 Å². The molecule has 0 saturated heterocycles. The van der Waals surface area contributed by atoms with Crippen LogP contribution in [0.15, 0.2) is 54.9 Å². The molecule has 2 N–H and O–H groups in total. The molecule has 0 spiro atoms. The third-order valence-corrected chi connectivity index (χ3v) is 4.90. The number of hydrogen-bond acceptors (Lipinski definition) is 3. The summed E-state index contributed by atoms with van der Waals surface area (Å²) < 4.78 is 1.87. The van der Waals surface area contributed by atoms with E-state index in [1.165, 1.54) is 0 Å². The van der Waals surface area contributed by atoms with Gasteiger partial charge in [0.1, 0.15) is 11.3 Å². The van der Waals surface area contributed by atoms with Gasteiger partial charge in [-0.3, -0.25) is 4.79 Å². The van der Waals surface area contributed by atoms with Crippen molar-refractivity contribution in [3.05, 3.63) is 71.7 Å². The number of aliphatic hydroxyl groups is 1. The number of nitrogens with one attached hydrogen (secondary N) is 1. The lowest BCUT2D eigenvalue weighted by molar-refractivity contribution is 0.0235. The summed E-state index contributed by atoms with van der Waals surface area (Å²) in [5.41, 5.74) is 3.34. The van der Waals surface area contributed by atoms with Crippen LogP contribution >= 0.6 is 0 Å². The van der Waals surface area contributed by atoms with Gasteiger partial charge in [-0.15, -0.1) is 0 Å². The monoisotopic (exact) mass is 335 g/mol. The van der Waals surface area contributed by atoms with Crippen molar-refractivity contribution in [3.8, 4) is 0 Å². The van der Waals surface area contributed by atoms with Crippen molar-refractivity contribution in [1.82, 2.24) is 14.7 Å². The van der Waals surface area contributed by atoms with Gasteiger partial charge in [0.15, 0.2) is 0 Å². The van der Waals surface area contributed by atoms with Crippen molar-refractivity contribution >= 4 is 11.6 Å². The summed E-state index contributed by atoms with van der Waals surface area (Å²) in [7, 11) is 0. The minimum atomic E-state index is -0.258. The summed E-state index contributed by atoms with van der Waals surface area (Å²) >= 11 is 0. The molecular formula is C20H21N3O2. The fourth-order valence-corrected chi connectivity index (χ4v) is 3.46. The summed E-state index contributed by atoms with van der Waals surface area (Å²) in [6.07, 6.45) is 4.88. The van der Waals surface area contributed by atoms with Gasteiger partial charge >= 0.3 is 0 Å². The zero-order valence-electron chi connectivity index (χ0n) is 14.1. The Kier molecular flexibility index (Phi) is 4.01. The SMILES string of the molecule is Cc1ccc2nc(C(=O)N[C@@H](c3ccccc3)C3CC(O)C3)cn2c1. The van der Waals surface area contributed by atoms with E-state index < -0.39 is 0 Å². The molecule has 25 heavy (non-hydrogen) atoms. The normalized spacial score (nSPS) is 20.9. The van der Waals surface area contributed by atoms with Crippen LogP contribution in [0, 0.1) is 12.8 Å². The Balaban J connectivity index is 1.59. The molecule has 0 aliphatic heterocycles. The molecule has 0 bridgehead atoms. The van der Waals surface area contributed by atoms with Gasteiger partial charge in [0.2, 0.25) is 0 Å². The number of pyridine rings is 1. The average Bonchev–Trinajstić information content (AvgIpc) is 3.01. The molecule has 4 rings (SSSR count). The summed E-state index contributed by atoms with van der Waals surface area (Å²) in [6.45, 7) is 2.01. The lowest BCUT2D eigenvalue weighted by atomic mass is 9.75. The standard InChI is InChI=1S/C20H21N3O2/c1-13-7-8-18-21-17(12-23(18)11-13)20(25)22-19(15-9-16(24)10-15)14-5-3-2-4-6-14/h2-8,11-12,15-16,19,24H,9-10H2,1H3,(H,22,25)/t15?,16?,19-/m0/s1. The van der Waals surface area contributed by atoms with Crippen LogP contribution < -0.4 is 5.32 Å². The van der Waals surface area contributed by atoms with E-state index in [0.29, 0.717) is 18.5 Å². The highest BCUT2D eigenvalue weighted by Crippen LogP contribution is 2.38. The molecule has 0 radical (unpaired) electrons. The number of rotatable bonds is 4. The van der Waals surface area contributed by atoms with Crippen LogP contribution in [-0.2, 0) is 0 Å². The summed E-state index contributed by atoms with van der Waals surface area (Å²) in [6, 6.07) is 13.7. The lowest BCUT2D eigenvalue weighted by Crippen LogP contribution is -2.41. The van der Waals surface area contributed by atoms with Gasteiger partial charge < -0.3 is 14.8 Å².